The van der Waals surface area contributed by atoms with E-state index in [-0.39, 0.29) is 11.6 Å². The lowest BCUT2D eigenvalue weighted by Crippen LogP contribution is -3.27. The summed E-state index contributed by atoms with van der Waals surface area (Å²) >= 11 is 0. The van der Waals surface area contributed by atoms with Gasteiger partial charge in [-0.25, -0.2) is 4.68 Å². The maximum Gasteiger partial charge on any atom is 0.214 e. The molecule has 1 aromatic heterocycles. The van der Waals surface area contributed by atoms with Gasteiger partial charge in [-0.05, 0) is 43.3 Å². The van der Waals surface area contributed by atoms with Crippen LogP contribution < -0.4 is 14.5 Å². The van der Waals surface area contributed by atoms with E-state index in [0.717, 1.165) is 49.9 Å². The number of nitrogens with zero attached hydrogens (tertiary/aromatic N) is 4. The van der Waals surface area contributed by atoms with Crippen molar-refractivity contribution in [3.05, 3.63) is 71.5 Å². The van der Waals surface area contributed by atoms with E-state index in [2.05, 4.69) is 78.8 Å². The number of rotatable bonds is 6. The Bertz CT molecular complexity index is 973. The van der Waals surface area contributed by atoms with Crippen LogP contribution in [0.5, 0.6) is 5.75 Å². The number of aromatic nitrogens is 4. The SMILES string of the molecule is COc1ccccc1[C@H](c1nnnn1C(C)(C)C)[NH+]1CC[NH+](Cc2ccccc2)CC1. The van der Waals surface area contributed by atoms with Crippen LogP contribution in [0.2, 0.25) is 0 Å². The summed E-state index contributed by atoms with van der Waals surface area (Å²) in [6.07, 6.45) is 0. The van der Waals surface area contributed by atoms with E-state index in [9.17, 15) is 0 Å². The second-order valence-corrected chi connectivity index (χ2v) is 9.37. The molecule has 1 fully saturated rings. The maximum atomic E-state index is 5.74. The van der Waals surface area contributed by atoms with E-state index in [1.807, 2.05) is 16.8 Å². The minimum absolute atomic E-state index is 0.0312. The van der Waals surface area contributed by atoms with Crippen molar-refractivity contribution in [3.8, 4) is 5.75 Å². The molecule has 2 aromatic carbocycles. The van der Waals surface area contributed by atoms with Crippen LogP contribution in [0.25, 0.3) is 0 Å². The third-order valence-electron chi connectivity index (χ3n) is 6.14. The Kier molecular flexibility index (Phi) is 6.34. The van der Waals surface area contributed by atoms with E-state index >= 15 is 0 Å². The molecule has 2 N–H and O–H groups in total. The first-order chi connectivity index (χ1) is 15.0. The first-order valence-electron chi connectivity index (χ1n) is 11.1. The number of benzene rings is 2. The summed E-state index contributed by atoms with van der Waals surface area (Å²) in [7, 11) is 1.74. The molecule has 4 rings (SSSR count). The Balaban J connectivity index is 1.61. The molecule has 0 bridgehead atoms. The highest BCUT2D eigenvalue weighted by atomic mass is 16.5. The van der Waals surface area contributed by atoms with Gasteiger partial charge in [0.2, 0.25) is 5.82 Å². The Morgan fingerprint density at radius 3 is 2.32 bits per heavy atom. The largest absolute Gasteiger partial charge is 0.496 e. The summed E-state index contributed by atoms with van der Waals surface area (Å²) in [5.74, 6) is 1.79. The fourth-order valence-electron chi connectivity index (χ4n) is 4.57. The average molecular weight is 423 g/mol. The molecule has 2 heterocycles. The van der Waals surface area contributed by atoms with Crippen LogP contribution in [0.3, 0.4) is 0 Å². The number of quaternary nitrogens is 2. The molecule has 0 spiro atoms. The molecule has 1 atom stereocenters. The van der Waals surface area contributed by atoms with Gasteiger partial charge in [0.25, 0.3) is 0 Å². The first kappa shape index (κ1) is 21.5. The Labute approximate surface area is 184 Å². The van der Waals surface area contributed by atoms with Gasteiger partial charge in [-0.2, -0.15) is 0 Å². The lowest BCUT2D eigenvalue weighted by Gasteiger charge is -2.35. The molecule has 0 radical (unpaired) electrons. The van der Waals surface area contributed by atoms with E-state index in [0.29, 0.717) is 0 Å². The number of piperazine rings is 1. The molecular weight excluding hydrogens is 388 g/mol. The topological polar surface area (TPSA) is 61.7 Å². The number of hydrogen-bond donors (Lipinski definition) is 2. The van der Waals surface area contributed by atoms with Crippen LogP contribution in [0.1, 0.15) is 43.8 Å². The predicted molar refractivity (Wildman–Crippen MR) is 119 cm³/mol. The Morgan fingerprint density at radius 2 is 1.65 bits per heavy atom. The number of nitrogens with one attached hydrogen (secondary N) is 2. The summed E-state index contributed by atoms with van der Waals surface area (Å²) in [6, 6.07) is 19.1. The second kappa shape index (κ2) is 9.16. The molecule has 0 unspecified atom stereocenters. The normalized spacial score (nSPS) is 20.4. The molecule has 1 saturated heterocycles. The van der Waals surface area contributed by atoms with Gasteiger partial charge in [0.05, 0.1) is 18.2 Å². The van der Waals surface area contributed by atoms with Crippen LogP contribution in [-0.2, 0) is 12.1 Å². The van der Waals surface area contributed by atoms with Gasteiger partial charge >= 0.3 is 0 Å². The molecule has 3 aromatic rings. The first-order valence-corrected chi connectivity index (χ1v) is 11.1. The number of para-hydroxylation sites is 1. The lowest BCUT2D eigenvalue weighted by molar-refractivity contribution is -1.03. The smallest absolute Gasteiger partial charge is 0.214 e. The Morgan fingerprint density at radius 1 is 0.968 bits per heavy atom. The summed E-state index contributed by atoms with van der Waals surface area (Å²) in [5.41, 5.74) is 2.35. The third-order valence-corrected chi connectivity index (χ3v) is 6.14. The van der Waals surface area contributed by atoms with Gasteiger partial charge in [-0.3, -0.25) is 0 Å². The van der Waals surface area contributed by atoms with Gasteiger partial charge in [0.1, 0.15) is 38.5 Å². The van der Waals surface area contributed by atoms with Crippen molar-refractivity contribution in [2.45, 2.75) is 38.9 Å². The van der Waals surface area contributed by atoms with Crippen molar-refractivity contribution in [3.63, 3.8) is 0 Å². The molecule has 0 aliphatic carbocycles. The van der Waals surface area contributed by atoms with E-state index in [1.165, 1.54) is 10.5 Å². The molecule has 0 saturated carbocycles. The van der Waals surface area contributed by atoms with Crippen LogP contribution in [0, 0.1) is 0 Å². The molecule has 7 heteroatoms. The predicted octanol–water partition coefficient (Wildman–Crippen LogP) is 0.510. The third kappa shape index (κ3) is 4.78. The lowest BCUT2D eigenvalue weighted by atomic mass is 10.0. The van der Waals surface area contributed by atoms with Gasteiger partial charge in [-0.1, -0.05) is 42.5 Å². The molecule has 31 heavy (non-hydrogen) atoms. The van der Waals surface area contributed by atoms with Crippen molar-refractivity contribution >= 4 is 0 Å². The highest BCUT2D eigenvalue weighted by Crippen LogP contribution is 2.28. The van der Waals surface area contributed by atoms with E-state index < -0.39 is 0 Å². The van der Waals surface area contributed by atoms with Crippen molar-refractivity contribution in [1.29, 1.82) is 0 Å². The quantitative estimate of drug-likeness (QED) is 0.608. The van der Waals surface area contributed by atoms with Crippen LogP contribution in [0.15, 0.2) is 54.6 Å². The van der Waals surface area contributed by atoms with Crippen LogP contribution >= 0.6 is 0 Å². The van der Waals surface area contributed by atoms with E-state index in [1.54, 1.807) is 12.0 Å². The van der Waals surface area contributed by atoms with Crippen LogP contribution in [0.4, 0.5) is 0 Å². The van der Waals surface area contributed by atoms with Crippen LogP contribution in [-0.4, -0.2) is 53.5 Å². The van der Waals surface area contributed by atoms with Gasteiger partial charge in [0.15, 0.2) is 6.04 Å². The van der Waals surface area contributed by atoms with Crippen molar-refractivity contribution in [1.82, 2.24) is 20.2 Å². The number of hydrogen-bond acceptors (Lipinski definition) is 4. The highest BCUT2D eigenvalue weighted by Gasteiger charge is 2.38. The number of tetrazole rings is 1. The fourth-order valence-corrected chi connectivity index (χ4v) is 4.57. The second-order valence-electron chi connectivity index (χ2n) is 9.37. The fraction of sp³-hybridized carbons (Fsp3) is 0.458. The summed E-state index contributed by atoms with van der Waals surface area (Å²) < 4.78 is 7.72. The minimum atomic E-state index is -0.196. The molecule has 7 nitrogen and oxygen atoms in total. The molecule has 1 aliphatic rings. The molecular formula is C24H34N6O+2. The minimum Gasteiger partial charge on any atom is -0.496 e. The summed E-state index contributed by atoms with van der Waals surface area (Å²) in [4.78, 5) is 3.12. The van der Waals surface area contributed by atoms with Gasteiger partial charge < -0.3 is 14.5 Å². The molecule has 1 aliphatic heterocycles. The van der Waals surface area contributed by atoms with Crippen molar-refractivity contribution in [2.24, 2.45) is 0 Å². The average Bonchev–Trinajstić information content (AvgIpc) is 3.26. The van der Waals surface area contributed by atoms with Crippen molar-refractivity contribution in [2.75, 3.05) is 33.3 Å². The molecule has 164 valence electrons. The summed E-state index contributed by atoms with van der Waals surface area (Å²) in [6.45, 7) is 11.9. The zero-order valence-electron chi connectivity index (χ0n) is 19.0. The standard InChI is InChI=1S/C24H32N6O/c1-24(2,3)30-23(25-26-27-30)22(20-12-8-9-13-21(20)31-4)29-16-14-28(15-17-29)18-19-10-6-5-7-11-19/h5-13,22H,14-18H2,1-4H3/p+2/t22-/m1/s1. The number of ether oxygens (including phenoxy) is 1. The Hall–Kier alpha value is -2.77. The number of methoxy groups -OCH3 is 1. The van der Waals surface area contributed by atoms with Gasteiger partial charge in [-0.15, -0.1) is 5.10 Å². The zero-order valence-corrected chi connectivity index (χ0v) is 19.0. The monoisotopic (exact) mass is 422 g/mol. The summed E-state index contributed by atoms with van der Waals surface area (Å²) in [5, 5.41) is 12.9. The van der Waals surface area contributed by atoms with Gasteiger partial charge in [0, 0.05) is 5.56 Å². The van der Waals surface area contributed by atoms with Crippen molar-refractivity contribution < 1.29 is 14.5 Å². The zero-order chi connectivity index (χ0) is 21.8. The van der Waals surface area contributed by atoms with E-state index in [4.69, 9.17) is 4.74 Å². The highest BCUT2D eigenvalue weighted by molar-refractivity contribution is 5.37. The molecule has 0 amide bonds. The maximum absolute atomic E-state index is 5.74.